The van der Waals surface area contributed by atoms with Crippen molar-refractivity contribution in [3.8, 4) is 5.69 Å². The molecule has 4 aromatic rings. The predicted molar refractivity (Wildman–Crippen MR) is 174 cm³/mol. The number of anilines is 3. The molecule has 3 N–H and O–H groups in total. The number of piperidine rings is 1. The fraction of sp³-hybridized carbons (Fsp3) is 0.382. The Morgan fingerprint density at radius 3 is 2.35 bits per heavy atom. The minimum absolute atomic E-state index is 0.0277. The number of fused-ring (bicyclic) bond motifs is 2. The summed E-state index contributed by atoms with van der Waals surface area (Å²) in [6, 6.07) is 20.4. The molecule has 224 valence electrons. The van der Waals surface area contributed by atoms with Crippen LogP contribution in [0.25, 0.3) is 5.69 Å². The highest BCUT2D eigenvalue weighted by Crippen LogP contribution is 2.40. The predicted octanol–water partition coefficient (Wildman–Crippen LogP) is 8.20. The van der Waals surface area contributed by atoms with Gasteiger partial charge in [0.25, 0.3) is 0 Å². The smallest absolute Gasteiger partial charge is 0.319 e. The summed E-state index contributed by atoms with van der Waals surface area (Å²) in [7, 11) is 0. The third kappa shape index (κ3) is 6.62. The number of rotatable bonds is 6. The Morgan fingerprint density at radius 2 is 1.67 bits per heavy atom. The van der Waals surface area contributed by atoms with Crippen LogP contribution < -0.4 is 16.0 Å². The summed E-state index contributed by atoms with van der Waals surface area (Å²) in [4.78, 5) is 28.3. The van der Waals surface area contributed by atoms with Crippen molar-refractivity contribution in [1.82, 2.24) is 14.7 Å². The van der Waals surface area contributed by atoms with Crippen molar-refractivity contribution >= 4 is 40.6 Å². The standard InChI is InChI=1S/C34H40N6O2S/c1-22-8-10-27(11-9-22)40-31(20-30(38-40)34(2,3)4)37-32(41)35-25-7-5-6-23(17-25)16-24-18-28-12-13-29(19-24)39(28)33(42)36-26-14-15-43-21-26/h5-11,14-15,17,20-21,24,28-29H,12-13,16,18-19H2,1-4H3,(H,36,42)(H2,35,37,41)/t24-,28-,29+. The number of hydrogen-bond acceptors (Lipinski definition) is 4. The first-order chi connectivity index (χ1) is 20.6. The van der Waals surface area contributed by atoms with Crippen LogP contribution in [0.3, 0.4) is 0 Å². The van der Waals surface area contributed by atoms with E-state index in [9.17, 15) is 9.59 Å². The first kappa shape index (κ1) is 29.0. The summed E-state index contributed by atoms with van der Waals surface area (Å²) in [5.41, 5.74) is 5.61. The van der Waals surface area contributed by atoms with Crippen LogP contribution in [0.5, 0.6) is 0 Å². The second-order valence-corrected chi connectivity index (χ2v) is 13.7. The van der Waals surface area contributed by atoms with E-state index >= 15 is 0 Å². The molecular formula is C34H40N6O2S. The molecule has 4 amide bonds. The van der Waals surface area contributed by atoms with E-state index in [0.29, 0.717) is 11.7 Å². The van der Waals surface area contributed by atoms with Gasteiger partial charge in [-0.3, -0.25) is 5.32 Å². The van der Waals surface area contributed by atoms with Crippen molar-refractivity contribution in [2.75, 3.05) is 16.0 Å². The zero-order chi connectivity index (χ0) is 30.1. The van der Waals surface area contributed by atoms with E-state index in [1.54, 1.807) is 16.0 Å². The average Bonchev–Trinajstić information content (AvgIpc) is 3.68. The summed E-state index contributed by atoms with van der Waals surface area (Å²) in [6.07, 6.45) is 5.07. The lowest BCUT2D eigenvalue weighted by Gasteiger charge is -2.39. The number of benzene rings is 2. The Balaban J connectivity index is 1.09. The summed E-state index contributed by atoms with van der Waals surface area (Å²) < 4.78 is 1.79. The number of carbonyl (C=O) groups is 2. The number of amides is 4. The minimum Gasteiger partial charge on any atom is -0.319 e. The highest BCUT2D eigenvalue weighted by atomic mass is 32.1. The molecule has 4 heterocycles. The molecule has 0 spiro atoms. The minimum atomic E-state index is -0.311. The van der Waals surface area contributed by atoms with Gasteiger partial charge in [-0.15, -0.1) is 0 Å². The average molecular weight is 597 g/mol. The van der Waals surface area contributed by atoms with E-state index in [0.717, 1.165) is 60.4 Å². The SMILES string of the molecule is Cc1ccc(-n2nc(C(C)(C)C)cc2NC(=O)Nc2cccc(C[C@@H]3C[C@H]4CC[C@@H](C3)N4C(=O)Nc3ccsc3)c2)cc1. The largest absolute Gasteiger partial charge is 0.324 e. The number of aromatic nitrogens is 2. The van der Waals surface area contributed by atoms with Gasteiger partial charge in [0.2, 0.25) is 0 Å². The van der Waals surface area contributed by atoms with E-state index in [1.807, 2.05) is 66.2 Å². The lowest BCUT2D eigenvalue weighted by Crippen LogP contribution is -2.48. The Bertz CT molecular complexity index is 1570. The van der Waals surface area contributed by atoms with Gasteiger partial charge in [0.15, 0.2) is 0 Å². The van der Waals surface area contributed by atoms with Gasteiger partial charge in [-0.05, 0) is 86.2 Å². The molecule has 2 aliphatic rings. The fourth-order valence-electron chi connectivity index (χ4n) is 6.42. The number of nitrogens with one attached hydrogen (secondary N) is 3. The Labute approximate surface area is 257 Å². The molecule has 0 radical (unpaired) electrons. The number of carbonyl (C=O) groups excluding carboxylic acids is 2. The second-order valence-electron chi connectivity index (χ2n) is 13.0. The maximum Gasteiger partial charge on any atom is 0.324 e. The molecule has 2 fully saturated rings. The van der Waals surface area contributed by atoms with E-state index in [1.165, 1.54) is 5.56 Å². The number of hydrogen-bond donors (Lipinski definition) is 3. The maximum absolute atomic E-state index is 13.2. The normalized spacial score (nSPS) is 19.7. The molecule has 6 rings (SSSR count). The van der Waals surface area contributed by atoms with Crippen molar-refractivity contribution in [3.63, 3.8) is 0 Å². The van der Waals surface area contributed by atoms with Crippen molar-refractivity contribution in [2.24, 2.45) is 5.92 Å². The molecule has 2 saturated heterocycles. The van der Waals surface area contributed by atoms with Crippen molar-refractivity contribution in [3.05, 3.63) is 88.2 Å². The van der Waals surface area contributed by atoms with Crippen LogP contribution in [0.2, 0.25) is 0 Å². The topological polar surface area (TPSA) is 91.3 Å². The third-order valence-electron chi connectivity index (χ3n) is 8.54. The molecule has 9 heteroatoms. The third-order valence-corrected chi connectivity index (χ3v) is 9.23. The molecule has 0 aliphatic carbocycles. The second kappa shape index (κ2) is 11.9. The monoisotopic (exact) mass is 596 g/mol. The van der Waals surface area contributed by atoms with Gasteiger partial charge in [-0.2, -0.15) is 16.4 Å². The van der Waals surface area contributed by atoms with Crippen molar-refractivity contribution in [1.29, 1.82) is 0 Å². The molecule has 2 aromatic carbocycles. The van der Waals surface area contributed by atoms with Gasteiger partial charge in [-0.1, -0.05) is 50.6 Å². The Hall–Kier alpha value is -4.11. The van der Waals surface area contributed by atoms with Gasteiger partial charge in [-0.25, -0.2) is 14.3 Å². The van der Waals surface area contributed by atoms with Gasteiger partial charge >= 0.3 is 12.1 Å². The highest BCUT2D eigenvalue weighted by Gasteiger charge is 2.43. The van der Waals surface area contributed by atoms with Gasteiger partial charge < -0.3 is 15.5 Å². The van der Waals surface area contributed by atoms with Gasteiger partial charge in [0.1, 0.15) is 5.82 Å². The fourth-order valence-corrected chi connectivity index (χ4v) is 7.01. The van der Waals surface area contributed by atoms with Crippen LogP contribution in [0.15, 0.2) is 71.4 Å². The zero-order valence-corrected chi connectivity index (χ0v) is 26.1. The van der Waals surface area contributed by atoms with Crippen LogP contribution in [-0.2, 0) is 11.8 Å². The molecule has 0 saturated carbocycles. The number of urea groups is 2. The van der Waals surface area contributed by atoms with Crippen LogP contribution >= 0.6 is 11.3 Å². The van der Waals surface area contributed by atoms with Gasteiger partial charge in [0, 0.05) is 34.6 Å². The lowest BCUT2D eigenvalue weighted by atomic mass is 9.86. The van der Waals surface area contributed by atoms with E-state index < -0.39 is 0 Å². The quantitative estimate of drug-likeness (QED) is 0.210. The van der Waals surface area contributed by atoms with Crippen LogP contribution in [0, 0.1) is 12.8 Å². The first-order valence-corrected chi connectivity index (χ1v) is 16.0. The molecule has 2 aromatic heterocycles. The zero-order valence-electron chi connectivity index (χ0n) is 25.3. The lowest BCUT2D eigenvalue weighted by molar-refractivity contribution is 0.131. The molecule has 43 heavy (non-hydrogen) atoms. The molecule has 3 atom stereocenters. The summed E-state index contributed by atoms with van der Waals surface area (Å²) in [6.45, 7) is 8.38. The highest BCUT2D eigenvalue weighted by molar-refractivity contribution is 7.08. The molecule has 0 unspecified atom stereocenters. The van der Waals surface area contributed by atoms with Crippen LogP contribution in [0.1, 0.15) is 63.3 Å². The van der Waals surface area contributed by atoms with E-state index in [-0.39, 0.29) is 29.6 Å². The Kier molecular flexibility index (Phi) is 8.01. The Morgan fingerprint density at radius 1 is 0.930 bits per heavy atom. The van der Waals surface area contributed by atoms with Crippen LogP contribution in [0.4, 0.5) is 26.8 Å². The van der Waals surface area contributed by atoms with Crippen LogP contribution in [-0.4, -0.2) is 38.8 Å². The summed E-state index contributed by atoms with van der Waals surface area (Å²) >= 11 is 1.59. The molecule has 8 nitrogen and oxygen atoms in total. The first-order valence-electron chi connectivity index (χ1n) is 15.1. The number of thiophene rings is 1. The van der Waals surface area contributed by atoms with Crippen molar-refractivity contribution < 1.29 is 9.59 Å². The van der Waals surface area contributed by atoms with Gasteiger partial charge in [0.05, 0.1) is 17.1 Å². The van der Waals surface area contributed by atoms with E-state index in [4.69, 9.17) is 5.10 Å². The molecule has 2 bridgehead atoms. The number of aryl methyl sites for hydroxylation is 1. The van der Waals surface area contributed by atoms with Crippen molar-refractivity contribution in [2.45, 2.75) is 77.3 Å². The summed E-state index contributed by atoms with van der Waals surface area (Å²) in [5.74, 6) is 1.12. The number of nitrogens with zero attached hydrogens (tertiary/aromatic N) is 3. The molecule has 2 aliphatic heterocycles. The summed E-state index contributed by atoms with van der Waals surface area (Å²) in [5, 5.41) is 17.9. The maximum atomic E-state index is 13.2. The molecular weight excluding hydrogens is 556 g/mol. The van der Waals surface area contributed by atoms with E-state index in [2.05, 4.69) is 53.8 Å².